The molecule has 0 bridgehead atoms. The summed E-state index contributed by atoms with van der Waals surface area (Å²) >= 11 is 1.41. The first kappa shape index (κ1) is 20.9. The molecule has 3 aromatic rings. The van der Waals surface area contributed by atoms with Gasteiger partial charge in [0.05, 0.1) is 12.9 Å². The van der Waals surface area contributed by atoms with Crippen LogP contribution in [0.4, 0.5) is 0 Å². The van der Waals surface area contributed by atoms with Gasteiger partial charge in [0, 0.05) is 18.7 Å². The van der Waals surface area contributed by atoms with Crippen LogP contribution in [0, 0.1) is 6.92 Å². The van der Waals surface area contributed by atoms with Crippen LogP contribution in [0.15, 0.2) is 53.7 Å². The number of hydrogen-bond donors (Lipinski definition) is 1. The molecule has 0 atom stereocenters. The number of benzene rings is 2. The molecule has 6 nitrogen and oxygen atoms in total. The molecule has 1 aromatic heterocycles. The number of aryl methyl sites for hydroxylation is 1. The molecule has 0 aliphatic carbocycles. The predicted molar refractivity (Wildman–Crippen MR) is 116 cm³/mol. The number of rotatable bonds is 9. The number of nitrogens with one attached hydrogen (secondary N) is 1. The van der Waals surface area contributed by atoms with Crippen molar-refractivity contribution in [3.05, 3.63) is 59.7 Å². The molecule has 0 aliphatic heterocycles. The van der Waals surface area contributed by atoms with Crippen LogP contribution in [0.25, 0.3) is 11.4 Å². The minimum Gasteiger partial charge on any atom is -0.496 e. The number of nitrogens with zero attached hydrogens (tertiary/aromatic N) is 3. The Morgan fingerprint density at radius 2 is 2.00 bits per heavy atom. The average molecular weight is 411 g/mol. The summed E-state index contributed by atoms with van der Waals surface area (Å²) in [5, 5.41) is 12.4. The quantitative estimate of drug-likeness (QED) is 0.544. The fraction of sp³-hybridized carbons (Fsp3) is 0.318. The average Bonchev–Trinajstić information content (AvgIpc) is 3.15. The molecule has 0 saturated carbocycles. The van der Waals surface area contributed by atoms with E-state index in [0.29, 0.717) is 12.3 Å². The van der Waals surface area contributed by atoms with Crippen molar-refractivity contribution in [2.75, 3.05) is 19.4 Å². The highest BCUT2D eigenvalue weighted by Gasteiger charge is 2.14. The fourth-order valence-corrected chi connectivity index (χ4v) is 3.94. The largest absolute Gasteiger partial charge is 0.496 e. The Kier molecular flexibility index (Phi) is 7.30. The van der Waals surface area contributed by atoms with Gasteiger partial charge in [-0.3, -0.25) is 4.79 Å². The van der Waals surface area contributed by atoms with Gasteiger partial charge in [-0.2, -0.15) is 0 Å². The molecule has 7 heteroatoms. The summed E-state index contributed by atoms with van der Waals surface area (Å²) in [6, 6.07) is 16.0. The molecule has 0 saturated heterocycles. The van der Waals surface area contributed by atoms with E-state index in [2.05, 4.69) is 41.5 Å². The topological polar surface area (TPSA) is 69.0 Å². The number of carbonyl (C=O) groups is 1. The van der Waals surface area contributed by atoms with Crippen LogP contribution in [-0.4, -0.2) is 40.1 Å². The molecule has 0 spiro atoms. The van der Waals surface area contributed by atoms with Gasteiger partial charge in [-0.1, -0.05) is 53.7 Å². The maximum atomic E-state index is 12.3. The van der Waals surface area contributed by atoms with E-state index in [1.54, 1.807) is 7.11 Å². The van der Waals surface area contributed by atoms with Gasteiger partial charge in [0.15, 0.2) is 11.0 Å². The van der Waals surface area contributed by atoms with Gasteiger partial charge in [0.1, 0.15) is 5.75 Å². The first-order chi connectivity index (χ1) is 14.1. The summed E-state index contributed by atoms with van der Waals surface area (Å²) in [5.74, 6) is 1.96. The molecular weight excluding hydrogens is 384 g/mol. The molecule has 0 fully saturated rings. The van der Waals surface area contributed by atoms with Crippen LogP contribution in [0.3, 0.4) is 0 Å². The standard InChI is InChI=1S/C22H26N4O2S/c1-4-26-21(18-10-7-8-16(2)14-18)24-25-22(26)29-15-20(27)23-13-12-17-9-5-6-11-19(17)28-3/h5-11,14H,4,12-13,15H2,1-3H3,(H,23,27). The summed E-state index contributed by atoms with van der Waals surface area (Å²) < 4.78 is 7.39. The van der Waals surface area contributed by atoms with Gasteiger partial charge < -0.3 is 14.6 Å². The van der Waals surface area contributed by atoms with Gasteiger partial charge in [-0.15, -0.1) is 10.2 Å². The zero-order chi connectivity index (χ0) is 20.6. The number of thioether (sulfide) groups is 1. The van der Waals surface area contributed by atoms with Gasteiger partial charge in [0.2, 0.25) is 5.91 Å². The smallest absolute Gasteiger partial charge is 0.230 e. The lowest BCUT2D eigenvalue weighted by atomic mass is 10.1. The highest BCUT2D eigenvalue weighted by atomic mass is 32.2. The highest BCUT2D eigenvalue weighted by molar-refractivity contribution is 7.99. The normalized spacial score (nSPS) is 10.7. The Labute approximate surface area is 175 Å². The monoisotopic (exact) mass is 410 g/mol. The molecule has 0 radical (unpaired) electrons. The van der Waals surface area contributed by atoms with Crippen molar-refractivity contribution in [2.45, 2.75) is 32.0 Å². The van der Waals surface area contributed by atoms with Crippen molar-refractivity contribution in [1.29, 1.82) is 0 Å². The molecule has 1 N–H and O–H groups in total. The van der Waals surface area contributed by atoms with Crippen molar-refractivity contribution in [3.63, 3.8) is 0 Å². The van der Waals surface area contributed by atoms with Crippen LogP contribution in [0.5, 0.6) is 5.75 Å². The predicted octanol–water partition coefficient (Wildman–Crippen LogP) is 3.73. The third-order valence-corrected chi connectivity index (χ3v) is 5.52. The van der Waals surface area contributed by atoms with Crippen molar-refractivity contribution in [2.24, 2.45) is 0 Å². The molecule has 3 rings (SSSR count). The van der Waals surface area contributed by atoms with Gasteiger partial charge in [-0.05, 0) is 38.0 Å². The lowest BCUT2D eigenvalue weighted by Crippen LogP contribution is -2.27. The summed E-state index contributed by atoms with van der Waals surface area (Å²) in [6.45, 7) is 5.42. The molecule has 0 aliphatic rings. The minimum atomic E-state index is -0.0207. The zero-order valence-electron chi connectivity index (χ0n) is 17.0. The number of hydrogen-bond acceptors (Lipinski definition) is 5. The maximum Gasteiger partial charge on any atom is 0.230 e. The molecular formula is C22H26N4O2S. The second kappa shape index (κ2) is 10.1. The molecule has 1 heterocycles. The Hall–Kier alpha value is -2.80. The van der Waals surface area contributed by atoms with Crippen LogP contribution >= 0.6 is 11.8 Å². The minimum absolute atomic E-state index is 0.0207. The van der Waals surface area contributed by atoms with E-state index in [-0.39, 0.29) is 5.91 Å². The van der Waals surface area contributed by atoms with E-state index in [1.165, 1.54) is 17.3 Å². The highest BCUT2D eigenvalue weighted by Crippen LogP contribution is 2.24. The first-order valence-electron chi connectivity index (χ1n) is 9.64. The molecule has 1 amide bonds. The van der Waals surface area contributed by atoms with Crippen LogP contribution in [0.1, 0.15) is 18.1 Å². The summed E-state index contributed by atoms with van der Waals surface area (Å²) in [7, 11) is 1.66. The number of ether oxygens (including phenoxy) is 1. The number of amides is 1. The second-order valence-electron chi connectivity index (χ2n) is 6.62. The molecule has 2 aromatic carbocycles. The van der Waals surface area contributed by atoms with Gasteiger partial charge >= 0.3 is 0 Å². The summed E-state index contributed by atoms with van der Waals surface area (Å²) in [6.07, 6.45) is 0.725. The Morgan fingerprint density at radius 3 is 2.76 bits per heavy atom. The zero-order valence-corrected chi connectivity index (χ0v) is 17.8. The number of para-hydroxylation sites is 1. The number of carbonyl (C=O) groups excluding carboxylic acids is 1. The Balaban J connectivity index is 1.55. The van der Waals surface area contributed by atoms with Crippen molar-refractivity contribution < 1.29 is 9.53 Å². The number of aromatic nitrogens is 3. The van der Waals surface area contributed by atoms with E-state index < -0.39 is 0 Å². The molecule has 152 valence electrons. The van der Waals surface area contributed by atoms with Crippen molar-refractivity contribution >= 4 is 17.7 Å². The van der Waals surface area contributed by atoms with Crippen molar-refractivity contribution in [1.82, 2.24) is 20.1 Å². The van der Waals surface area contributed by atoms with E-state index >= 15 is 0 Å². The first-order valence-corrected chi connectivity index (χ1v) is 10.6. The van der Waals surface area contributed by atoms with E-state index in [0.717, 1.165) is 40.8 Å². The Morgan fingerprint density at radius 1 is 1.17 bits per heavy atom. The number of methoxy groups -OCH3 is 1. The third-order valence-electron chi connectivity index (χ3n) is 4.55. The Bertz CT molecular complexity index is 971. The maximum absolute atomic E-state index is 12.3. The van der Waals surface area contributed by atoms with E-state index in [1.807, 2.05) is 41.0 Å². The fourth-order valence-electron chi connectivity index (χ4n) is 3.11. The van der Waals surface area contributed by atoms with Gasteiger partial charge in [0.25, 0.3) is 0 Å². The summed E-state index contributed by atoms with van der Waals surface area (Å²) in [5.41, 5.74) is 3.29. The van der Waals surface area contributed by atoms with Gasteiger partial charge in [-0.25, -0.2) is 0 Å². The van der Waals surface area contributed by atoms with Crippen LogP contribution < -0.4 is 10.1 Å². The molecule has 0 unspecified atom stereocenters. The van der Waals surface area contributed by atoms with E-state index in [4.69, 9.17) is 4.74 Å². The third kappa shape index (κ3) is 5.38. The lowest BCUT2D eigenvalue weighted by Gasteiger charge is -2.10. The molecule has 29 heavy (non-hydrogen) atoms. The van der Waals surface area contributed by atoms with E-state index in [9.17, 15) is 4.79 Å². The lowest BCUT2D eigenvalue weighted by molar-refractivity contribution is -0.118. The van der Waals surface area contributed by atoms with Crippen LogP contribution in [-0.2, 0) is 17.8 Å². The summed E-state index contributed by atoms with van der Waals surface area (Å²) in [4.78, 5) is 12.3. The SMILES string of the molecule is CCn1c(SCC(=O)NCCc2ccccc2OC)nnc1-c1cccc(C)c1. The van der Waals surface area contributed by atoms with Crippen molar-refractivity contribution in [3.8, 4) is 17.1 Å². The van der Waals surface area contributed by atoms with Crippen LogP contribution in [0.2, 0.25) is 0 Å². The second-order valence-corrected chi connectivity index (χ2v) is 7.56.